The van der Waals surface area contributed by atoms with Crippen LogP contribution in [-0.4, -0.2) is 34.5 Å². The largest absolute Gasteiger partial charge is 0.355 e. The third-order valence-corrected chi connectivity index (χ3v) is 4.77. The number of nitrogens with one attached hydrogen (secondary N) is 3. The zero-order valence-electron chi connectivity index (χ0n) is 14.0. The Bertz CT molecular complexity index is 753. The number of guanidine groups is 1. The minimum atomic E-state index is -3.47. The van der Waals surface area contributed by atoms with Crippen LogP contribution in [0.5, 0.6) is 0 Å². The maximum absolute atomic E-state index is 12.1. The van der Waals surface area contributed by atoms with E-state index < -0.39 is 10.0 Å². The second kappa shape index (κ2) is 11.1. The van der Waals surface area contributed by atoms with Crippen molar-refractivity contribution in [1.29, 1.82) is 0 Å². The lowest BCUT2D eigenvalue weighted by molar-refractivity contribution is 0.580. The van der Waals surface area contributed by atoms with Gasteiger partial charge in [0.25, 0.3) is 0 Å². The molecule has 0 bridgehead atoms. The Morgan fingerprint density at radius 1 is 0.920 bits per heavy atom. The number of hydrogen-bond acceptors (Lipinski definition) is 3. The van der Waals surface area contributed by atoms with Gasteiger partial charge in [0.05, 0.1) is 4.90 Å². The number of aliphatic imine (C=N–C) groups is 1. The first-order valence-corrected chi connectivity index (χ1v) is 9.13. The second-order valence-corrected chi connectivity index (χ2v) is 6.82. The lowest BCUT2D eigenvalue weighted by Crippen LogP contribution is -2.41. The molecule has 0 aliphatic carbocycles. The third kappa shape index (κ3) is 7.41. The van der Waals surface area contributed by atoms with Crippen LogP contribution in [0.4, 0.5) is 0 Å². The summed E-state index contributed by atoms with van der Waals surface area (Å²) < 4.78 is 26.7. The molecule has 25 heavy (non-hydrogen) atoms. The molecule has 0 radical (unpaired) electrons. The Morgan fingerprint density at radius 3 is 2.12 bits per heavy atom. The summed E-state index contributed by atoms with van der Waals surface area (Å²) in [5.74, 6) is 0.623. The van der Waals surface area contributed by atoms with E-state index in [0.29, 0.717) is 19.0 Å². The number of rotatable bonds is 7. The van der Waals surface area contributed by atoms with Crippen molar-refractivity contribution in [3.8, 4) is 0 Å². The Balaban J connectivity index is 0.00000312. The number of nitrogens with zero attached hydrogens (tertiary/aromatic N) is 1. The summed E-state index contributed by atoms with van der Waals surface area (Å²) in [7, 11) is -1.80. The van der Waals surface area contributed by atoms with Gasteiger partial charge in [-0.2, -0.15) is 0 Å². The zero-order chi connectivity index (χ0) is 17.3. The summed E-state index contributed by atoms with van der Waals surface area (Å²) in [5.41, 5.74) is 1.14. The van der Waals surface area contributed by atoms with Crippen molar-refractivity contribution in [2.24, 2.45) is 4.99 Å². The molecule has 0 amide bonds. The van der Waals surface area contributed by atoms with E-state index in [1.165, 1.54) is 0 Å². The molecule has 6 nitrogen and oxygen atoms in total. The average Bonchev–Trinajstić information content (AvgIpc) is 2.63. The van der Waals surface area contributed by atoms with E-state index in [0.717, 1.165) is 5.56 Å². The summed E-state index contributed by atoms with van der Waals surface area (Å²) in [6, 6.07) is 18.3. The molecular formula is C17H23IN4O2S. The standard InChI is InChI=1S/C17H22N4O2S.HI/c1-18-17(20-14-15-8-4-2-5-9-15)19-12-13-21-24(22,23)16-10-6-3-7-11-16;/h2-11,21H,12-14H2,1H3,(H2,18,19,20);1H. The zero-order valence-corrected chi connectivity index (χ0v) is 17.1. The van der Waals surface area contributed by atoms with Crippen LogP contribution < -0.4 is 15.4 Å². The molecule has 3 N–H and O–H groups in total. The maximum atomic E-state index is 12.1. The van der Waals surface area contributed by atoms with Gasteiger partial charge in [-0.3, -0.25) is 4.99 Å². The molecular weight excluding hydrogens is 451 g/mol. The van der Waals surface area contributed by atoms with Gasteiger partial charge in [-0.25, -0.2) is 13.1 Å². The first-order valence-electron chi connectivity index (χ1n) is 7.65. The Morgan fingerprint density at radius 2 is 1.52 bits per heavy atom. The summed E-state index contributed by atoms with van der Waals surface area (Å²) in [5, 5.41) is 6.25. The van der Waals surface area contributed by atoms with Crippen LogP contribution in [0.25, 0.3) is 0 Å². The highest BCUT2D eigenvalue weighted by molar-refractivity contribution is 14.0. The van der Waals surface area contributed by atoms with E-state index >= 15 is 0 Å². The quantitative estimate of drug-likeness (QED) is 0.248. The molecule has 0 aromatic heterocycles. The number of sulfonamides is 1. The van der Waals surface area contributed by atoms with Crippen LogP contribution in [0.3, 0.4) is 0 Å². The van der Waals surface area contributed by atoms with Crippen molar-refractivity contribution in [3.05, 3.63) is 66.2 Å². The van der Waals surface area contributed by atoms with Crippen LogP contribution in [0.2, 0.25) is 0 Å². The second-order valence-electron chi connectivity index (χ2n) is 5.05. The van der Waals surface area contributed by atoms with Gasteiger partial charge in [0.15, 0.2) is 5.96 Å². The minimum Gasteiger partial charge on any atom is -0.355 e. The molecule has 0 unspecified atom stereocenters. The molecule has 2 rings (SSSR count). The predicted molar refractivity (Wildman–Crippen MR) is 112 cm³/mol. The minimum absolute atomic E-state index is 0. The van der Waals surface area contributed by atoms with E-state index in [2.05, 4.69) is 20.3 Å². The average molecular weight is 474 g/mol. The van der Waals surface area contributed by atoms with Crippen molar-refractivity contribution in [2.45, 2.75) is 11.4 Å². The normalized spacial score (nSPS) is 11.5. The van der Waals surface area contributed by atoms with Gasteiger partial charge in [0, 0.05) is 26.7 Å². The Kier molecular flexibility index (Phi) is 9.46. The smallest absolute Gasteiger partial charge is 0.240 e. The fraction of sp³-hybridized carbons (Fsp3) is 0.235. The molecule has 0 fully saturated rings. The molecule has 0 aliphatic rings. The van der Waals surface area contributed by atoms with E-state index in [1.54, 1.807) is 37.4 Å². The van der Waals surface area contributed by atoms with Gasteiger partial charge in [0.2, 0.25) is 10.0 Å². The van der Waals surface area contributed by atoms with Gasteiger partial charge in [0.1, 0.15) is 0 Å². The van der Waals surface area contributed by atoms with Crippen molar-refractivity contribution in [3.63, 3.8) is 0 Å². The van der Waals surface area contributed by atoms with Crippen LogP contribution in [-0.2, 0) is 16.6 Å². The number of benzene rings is 2. The van der Waals surface area contributed by atoms with Crippen LogP contribution in [0.15, 0.2) is 70.6 Å². The maximum Gasteiger partial charge on any atom is 0.240 e. The topological polar surface area (TPSA) is 82.6 Å². The van der Waals surface area contributed by atoms with E-state index in [9.17, 15) is 8.42 Å². The van der Waals surface area contributed by atoms with Crippen LogP contribution in [0.1, 0.15) is 5.56 Å². The molecule has 0 spiro atoms. The molecule has 136 valence electrons. The van der Waals surface area contributed by atoms with Gasteiger partial charge < -0.3 is 10.6 Å². The van der Waals surface area contributed by atoms with Crippen molar-refractivity contribution in [2.75, 3.05) is 20.1 Å². The molecule has 0 saturated carbocycles. The molecule has 0 atom stereocenters. The van der Waals surface area contributed by atoms with Crippen molar-refractivity contribution >= 4 is 40.0 Å². The summed E-state index contributed by atoms with van der Waals surface area (Å²) >= 11 is 0. The highest BCUT2D eigenvalue weighted by atomic mass is 127. The fourth-order valence-corrected chi connectivity index (χ4v) is 3.10. The van der Waals surface area contributed by atoms with Crippen molar-refractivity contribution in [1.82, 2.24) is 15.4 Å². The number of halogens is 1. The van der Waals surface area contributed by atoms with E-state index in [4.69, 9.17) is 0 Å². The Labute approximate surface area is 166 Å². The monoisotopic (exact) mass is 474 g/mol. The van der Waals surface area contributed by atoms with Crippen LogP contribution >= 0.6 is 24.0 Å². The fourth-order valence-electron chi connectivity index (χ4n) is 2.05. The van der Waals surface area contributed by atoms with Gasteiger partial charge in [-0.05, 0) is 17.7 Å². The lowest BCUT2D eigenvalue weighted by Gasteiger charge is -2.12. The first-order chi connectivity index (χ1) is 11.6. The SMILES string of the molecule is CN=C(NCCNS(=O)(=O)c1ccccc1)NCc1ccccc1.I. The van der Waals surface area contributed by atoms with Crippen molar-refractivity contribution < 1.29 is 8.42 Å². The summed E-state index contributed by atoms with van der Waals surface area (Å²) in [6.45, 7) is 1.35. The summed E-state index contributed by atoms with van der Waals surface area (Å²) in [6.07, 6.45) is 0. The summed E-state index contributed by atoms with van der Waals surface area (Å²) in [4.78, 5) is 4.37. The molecule has 0 heterocycles. The highest BCUT2D eigenvalue weighted by Gasteiger charge is 2.11. The van der Waals surface area contributed by atoms with E-state index in [1.807, 2.05) is 30.3 Å². The van der Waals surface area contributed by atoms with Gasteiger partial charge >= 0.3 is 0 Å². The first kappa shape index (κ1) is 21.4. The lowest BCUT2D eigenvalue weighted by atomic mass is 10.2. The molecule has 0 saturated heterocycles. The number of hydrogen-bond donors (Lipinski definition) is 3. The Hall–Kier alpha value is -1.65. The third-order valence-electron chi connectivity index (χ3n) is 3.29. The highest BCUT2D eigenvalue weighted by Crippen LogP contribution is 2.06. The molecule has 0 aliphatic heterocycles. The van der Waals surface area contributed by atoms with Gasteiger partial charge in [-0.1, -0.05) is 48.5 Å². The van der Waals surface area contributed by atoms with Gasteiger partial charge in [-0.15, -0.1) is 24.0 Å². The molecule has 2 aromatic carbocycles. The van der Waals surface area contributed by atoms with E-state index in [-0.39, 0.29) is 35.4 Å². The predicted octanol–water partition coefficient (Wildman–Crippen LogP) is 1.95. The van der Waals surface area contributed by atoms with Crippen LogP contribution in [0, 0.1) is 0 Å². The molecule has 2 aromatic rings. The molecule has 8 heteroatoms.